The summed E-state index contributed by atoms with van der Waals surface area (Å²) in [5.41, 5.74) is 4.48. The molecule has 0 fully saturated rings. The fraction of sp³-hybridized carbons (Fsp3) is 0.250. The zero-order valence-electron chi connectivity index (χ0n) is 15.9. The Morgan fingerprint density at radius 1 is 0.846 bits per heavy atom. The van der Waals surface area contributed by atoms with E-state index in [1.807, 2.05) is 97.6 Å². The molecule has 0 radical (unpaired) electrons. The van der Waals surface area contributed by atoms with Gasteiger partial charge >= 0.3 is 0 Å². The molecule has 26 heavy (non-hydrogen) atoms. The average Bonchev–Trinajstić information content (AvgIpc) is 2.97. The van der Waals surface area contributed by atoms with Crippen molar-refractivity contribution in [3.63, 3.8) is 0 Å². The van der Waals surface area contributed by atoms with E-state index < -0.39 is 0 Å². The number of aryl methyl sites for hydroxylation is 1. The summed E-state index contributed by atoms with van der Waals surface area (Å²) in [6.07, 6.45) is 7.84. The predicted molar refractivity (Wildman–Crippen MR) is 107 cm³/mol. The molecule has 0 amide bonds. The van der Waals surface area contributed by atoms with Crippen molar-refractivity contribution in [1.29, 1.82) is 0 Å². The highest BCUT2D eigenvalue weighted by Gasteiger charge is 2.16. The van der Waals surface area contributed by atoms with E-state index in [-0.39, 0.29) is 0 Å². The molecular weight excluding hydrogens is 324 g/mol. The maximum absolute atomic E-state index is 4.85. The summed E-state index contributed by atoms with van der Waals surface area (Å²) < 4.78 is 1.95. The van der Waals surface area contributed by atoms with Gasteiger partial charge in [0.25, 0.3) is 0 Å². The molecule has 0 atom stereocenters. The fourth-order valence-corrected chi connectivity index (χ4v) is 2.68. The van der Waals surface area contributed by atoms with Gasteiger partial charge in [0.15, 0.2) is 0 Å². The van der Waals surface area contributed by atoms with Crippen LogP contribution in [0.1, 0.15) is 17.1 Å². The molecular formula is C20H24N6. The van der Waals surface area contributed by atoms with Gasteiger partial charge in [-0.05, 0) is 31.2 Å². The fourth-order valence-electron chi connectivity index (χ4n) is 2.68. The largest absolute Gasteiger partial charge is 0.383 e. The number of aromatic nitrogens is 4. The first-order valence-electron chi connectivity index (χ1n) is 8.48. The predicted octanol–water partition coefficient (Wildman–Crippen LogP) is 3.19. The second kappa shape index (κ2) is 7.39. The molecule has 0 saturated carbocycles. The van der Waals surface area contributed by atoms with E-state index in [9.17, 15) is 0 Å². The summed E-state index contributed by atoms with van der Waals surface area (Å²) >= 11 is 0. The molecule has 0 unspecified atom stereocenters. The van der Waals surface area contributed by atoms with E-state index in [2.05, 4.69) is 17.1 Å². The summed E-state index contributed by atoms with van der Waals surface area (Å²) in [5, 5.41) is 14.7. The van der Waals surface area contributed by atoms with Gasteiger partial charge in [-0.3, -0.25) is 0 Å². The van der Waals surface area contributed by atoms with Crippen LogP contribution in [0.3, 0.4) is 0 Å². The van der Waals surface area contributed by atoms with Crippen molar-refractivity contribution in [2.75, 3.05) is 28.2 Å². The number of hydrogen-bond acceptors (Lipinski definition) is 5. The molecule has 1 aromatic carbocycles. The molecule has 0 spiro atoms. The van der Waals surface area contributed by atoms with Crippen molar-refractivity contribution in [2.45, 2.75) is 6.92 Å². The van der Waals surface area contributed by atoms with Crippen molar-refractivity contribution in [3.05, 3.63) is 59.8 Å². The Kier molecular flexibility index (Phi) is 5.02. The van der Waals surface area contributed by atoms with Gasteiger partial charge < -0.3 is 9.80 Å². The molecule has 0 aliphatic rings. The molecule has 0 aliphatic carbocycles. The van der Waals surface area contributed by atoms with Crippen molar-refractivity contribution >= 4 is 23.1 Å². The average molecular weight is 348 g/mol. The van der Waals surface area contributed by atoms with Crippen molar-refractivity contribution in [2.24, 2.45) is 0 Å². The van der Waals surface area contributed by atoms with E-state index in [1.54, 1.807) is 0 Å². The summed E-state index contributed by atoms with van der Waals surface area (Å²) in [7, 11) is 7.91. The maximum atomic E-state index is 4.85. The minimum absolute atomic E-state index is 0.758. The van der Waals surface area contributed by atoms with Crippen LogP contribution >= 0.6 is 0 Å². The lowest BCUT2D eigenvalue weighted by atomic mass is 10.1. The Hall–Kier alpha value is -3.15. The highest BCUT2D eigenvalue weighted by Crippen LogP contribution is 2.26. The molecule has 0 N–H and O–H groups in total. The number of nitrogens with zero attached hydrogens (tertiary/aromatic N) is 6. The number of para-hydroxylation sites is 1. The van der Waals surface area contributed by atoms with Gasteiger partial charge in [-0.2, -0.15) is 5.10 Å². The van der Waals surface area contributed by atoms with Crippen LogP contribution in [0.5, 0.6) is 0 Å². The number of rotatable bonds is 5. The quantitative estimate of drug-likeness (QED) is 0.709. The highest BCUT2D eigenvalue weighted by atomic mass is 15.3. The topological polar surface area (TPSA) is 50.1 Å². The van der Waals surface area contributed by atoms with Crippen LogP contribution in [-0.2, 0) is 0 Å². The molecule has 0 aliphatic heterocycles. The number of fused-ring (bicyclic) bond motifs is 1. The Bertz CT molecular complexity index is 951. The molecule has 134 valence electrons. The van der Waals surface area contributed by atoms with Crippen LogP contribution in [0.4, 0.5) is 0 Å². The Labute approximate surface area is 154 Å². The Morgan fingerprint density at radius 3 is 2.04 bits per heavy atom. The second-order valence-corrected chi connectivity index (χ2v) is 6.59. The van der Waals surface area contributed by atoms with E-state index >= 15 is 0 Å². The van der Waals surface area contributed by atoms with Crippen molar-refractivity contribution < 1.29 is 0 Å². The minimum atomic E-state index is 0.758. The summed E-state index contributed by atoms with van der Waals surface area (Å²) in [6, 6.07) is 10.1. The third-order valence-electron chi connectivity index (χ3n) is 3.94. The first kappa shape index (κ1) is 17.7. The van der Waals surface area contributed by atoms with Crippen LogP contribution in [0.2, 0.25) is 0 Å². The van der Waals surface area contributed by atoms with E-state index in [0.29, 0.717) is 0 Å². The van der Waals surface area contributed by atoms with Gasteiger partial charge in [-0.15, -0.1) is 10.2 Å². The summed E-state index contributed by atoms with van der Waals surface area (Å²) in [4.78, 5) is 3.94. The van der Waals surface area contributed by atoms with Crippen LogP contribution in [-0.4, -0.2) is 58.0 Å². The standard InChI is InChI=1S/C20H24N6/c1-15-19-17(11-13-24(2)3)21-22-18(12-14-25(4)5)20(19)23-26(15)16-9-7-6-8-10-16/h6-14H,1-5H3/b13-11+,14-12+. The molecule has 0 bridgehead atoms. The summed E-state index contributed by atoms with van der Waals surface area (Å²) in [5.74, 6) is 0. The number of benzene rings is 1. The first-order valence-corrected chi connectivity index (χ1v) is 8.48. The molecule has 2 heterocycles. The Balaban J connectivity index is 2.25. The van der Waals surface area contributed by atoms with Gasteiger partial charge in [-0.25, -0.2) is 4.68 Å². The third kappa shape index (κ3) is 3.59. The molecule has 3 rings (SSSR count). The van der Waals surface area contributed by atoms with Gasteiger partial charge in [0, 0.05) is 40.6 Å². The lowest BCUT2D eigenvalue weighted by molar-refractivity contribution is 0.567. The zero-order chi connectivity index (χ0) is 18.7. The van der Waals surface area contributed by atoms with Gasteiger partial charge in [0.05, 0.1) is 22.5 Å². The normalized spacial score (nSPS) is 11.7. The van der Waals surface area contributed by atoms with E-state index in [4.69, 9.17) is 5.10 Å². The highest BCUT2D eigenvalue weighted by molar-refractivity contribution is 5.93. The van der Waals surface area contributed by atoms with Gasteiger partial charge in [0.1, 0.15) is 11.2 Å². The maximum Gasteiger partial charge on any atom is 0.123 e. The van der Waals surface area contributed by atoms with Gasteiger partial charge in [-0.1, -0.05) is 18.2 Å². The van der Waals surface area contributed by atoms with Crippen LogP contribution < -0.4 is 0 Å². The molecule has 6 heteroatoms. The van der Waals surface area contributed by atoms with Crippen LogP contribution in [0.15, 0.2) is 42.7 Å². The second-order valence-electron chi connectivity index (χ2n) is 6.59. The van der Waals surface area contributed by atoms with Crippen molar-refractivity contribution in [1.82, 2.24) is 29.8 Å². The Morgan fingerprint density at radius 2 is 1.42 bits per heavy atom. The number of hydrogen-bond donors (Lipinski definition) is 0. The zero-order valence-corrected chi connectivity index (χ0v) is 15.9. The molecule has 3 aromatic rings. The third-order valence-corrected chi connectivity index (χ3v) is 3.94. The van der Waals surface area contributed by atoms with Crippen LogP contribution in [0.25, 0.3) is 28.7 Å². The lowest BCUT2D eigenvalue weighted by Gasteiger charge is -2.05. The molecule has 0 saturated heterocycles. The monoisotopic (exact) mass is 348 g/mol. The molecule has 2 aromatic heterocycles. The molecule has 6 nitrogen and oxygen atoms in total. The van der Waals surface area contributed by atoms with Crippen LogP contribution in [0, 0.1) is 6.92 Å². The van der Waals surface area contributed by atoms with Gasteiger partial charge in [0.2, 0.25) is 0 Å². The summed E-state index contributed by atoms with van der Waals surface area (Å²) in [6.45, 7) is 2.07. The minimum Gasteiger partial charge on any atom is -0.383 e. The van der Waals surface area contributed by atoms with E-state index in [1.165, 1.54) is 0 Å². The lowest BCUT2D eigenvalue weighted by Crippen LogP contribution is -2.02. The van der Waals surface area contributed by atoms with Crippen molar-refractivity contribution in [3.8, 4) is 5.69 Å². The smallest absolute Gasteiger partial charge is 0.123 e. The van der Waals surface area contributed by atoms with E-state index in [0.717, 1.165) is 33.7 Å². The SMILES string of the molecule is Cc1c2c(/C=C/N(C)C)nnc(/C=C/N(C)C)c2nn1-c1ccccc1. The first-order chi connectivity index (χ1) is 12.5.